The van der Waals surface area contributed by atoms with Gasteiger partial charge in [-0.25, -0.2) is 13.8 Å². The van der Waals surface area contributed by atoms with Crippen LogP contribution in [0.2, 0.25) is 0 Å². The van der Waals surface area contributed by atoms with Crippen LogP contribution in [-0.4, -0.2) is 28.5 Å². The average molecular weight is 388 g/mol. The van der Waals surface area contributed by atoms with Gasteiger partial charge in [0.15, 0.2) is 0 Å². The minimum absolute atomic E-state index is 0.224. The van der Waals surface area contributed by atoms with E-state index in [-0.39, 0.29) is 18.2 Å². The Balaban J connectivity index is 1.78. The zero-order chi connectivity index (χ0) is 20.1. The normalized spacial score (nSPS) is 15.9. The molecule has 1 amide bonds. The number of carbonyl (C=O) groups is 1. The summed E-state index contributed by atoms with van der Waals surface area (Å²) in [5.41, 5.74) is -0.314. The second-order valence-electron chi connectivity index (χ2n) is 7.24. The van der Waals surface area contributed by atoms with Crippen molar-refractivity contribution in [2.24, 2.45) is 5.92 Å². The number of hydrogen-bond acceptors (Lipinski definition) is 4. The summed E-state index contributed by atoms with van der Waals surface area (Å²) in [6.07, 6.45) is 7.72. The van der Waals surface area contributed by atoms with E-state index in [4.69, 9.17) is 0 Å². The van der Waals surface area contributed by atoms with E-state index in [0.29, 0.717) is 17.7 Å². The number of benzene rings is 1. The molecule has 1 N–H and O–H groups in total. The summed E-state index contributed by atoms with van der Waals surface area (Å²) in [4.78, 5) is 22.8. The largest absolute Gasteiger partial charge is 0.351 e. The Morgan fingerprint density at radius 1 is 1.25 bits per heavy atom. The number of rotatable bonds is 6. The minimum atomic E-state index is -0.761. The summed E-state index contributed by atoms with van der Waals surface area (Å²) in [5, 5.41) is 3.34. The molecule has 7 heteroatoms. The maximum absolute atomic E-state index is 14.0. The van der Waals surface area contributed by atoms with Crippen LogP contribution in [0.1, 0.15) is 56.3 Å². The number of nitrogens with zero attached hydrogens (tertiary/aromatic N) is 3. The average Bonchev–Trinajstić information content (AvgIpc) is 2.71. The van der Waals surface area contributed by atoms with Crippen molar-refractivity contribution >= 4 is 17.7 Å². The van der Waals surface area contributed by atoms with Crippen LogP contribution in [0, 0.1) is 17.6 Å². The van der Waals surface area contributed by atoms with Gasteiger partial charge < -0.3 is 5.32 Å². The molecule has 28 heavy (non-hydrogen) atoms. The maximum atomic E-state index is 14.0. The van der Waals surface area contributed by atoms with E-state index in [1.165, 1.54) is 37.0 Å². The van der Waals surface area contributed by atoms with E-state index in [1.54, 1.807) is 19.2 Å². The zero-order valence-corrected chi connectivity index (χ0v) is 16.3. The van der Waals surface area contributed by atoms with Gasteiger partial charge in [-0.2, -0.15) is 4.98 Å². The lowest BCUT2D eigenvalue weighted by molar-refractivity contribution is 0.0983. The Labute approximate surface area is 164 Å². The van der Waals surface area contributed by atoms with Crippen LogP contribution in [-0.2, 0) is 0 Å². The van der Waals surface area contributed by atoms with Crippen LogP contribution < -0.4 is 10.2 Å². The zero-order valence-electron chi connectivity index (χ0n) is 16.3. The molecule has 1 aromatic heterocycles. The van der Waals surface area contributed by atoms with Crippen molar-refractivity contribution in [3.63, 3.8) is 0 Å². The number of aromatic nitrogens is 2. The van der Waals surface area contributed by atoms with Crippen molar-refractivity contribution in [3.8, 4) is 0 Å². The molecule has 1 aromatic carbocycles. The van der Waals surface area contributed by atoms with Gasteiger partial charge in [0.25, 0.3) is 5.91 Å². The second-order valence-corrected chi connectivity index (χ2v) is 7.24. The standard InChI is InChI=1S/C21H26F2N4O/c1-3-27(20(28)17-13-16(22)9-10-18(17)23)19-11-12-24-21(26-19)25-14(2)15-7-5-4-6-8-15/h9-15H,3-8H2,1-2H3,(H,24,25,26)/t14-/m0/s1. The molecule has 1 atom stereocenters. The van der Waals surface area contributed by atoms with Crippen molar-refractivity contribution in [2.45, 2.75) is 52.0 Å². The predicted octanol–water partition coefficient (Wildman–Crippen LogP) is 4.80. The first-order chi connectivity index (χ1) is 13.5. The molecule has 150 valence electrons. The summed E-state index contributed by atoms with van der Waals surface area (Å²) >= 11 is 0. The highest BCUT2D eigenvalue weighted by Crippen LogP contribution is 2.28. The number of carbonyl (C=O) groups excluding carboxylic acids is 1. The van der Waals surface area contributed by atoms with Crippen molar-refractivity contribution in [3.05, 3.63) is 47.7 Å². The molecule has 0 bridgehead atoms. The molecule has 0 spiro atoms. The predicted molar refractivity (Wildman–Crippen MR) is 105 cm³/mol. The van der Waals surface area contributed by atoms with Crippen LogP contribution in [0.3, 0.4) is 0 Å². The van der Waals surface area contributed by atoms with E-state index in [2.05, 4.69) is 22.2 Å². The molecule has 1 fully saturated rings. The molecule has 1 heterocycles. The van der Waals surface area contributed by atoms with Crippen LogP contribution in [0.5, 0.6) is 0 Å². The van der Waals surface area contributed by atoms with E-state index in [1.807, 2.05) is 0 Å². The molecule has 0 radical (unpaired) electrons. The molecule has 2 aromatic rings. The first-order valence-corrected chi connectivity index (χ1v) is 9.86. The van der Waals surface area contributed by atoms with E-state index >= 15 is 0 Å². The molecule has 5 nitrogen and oxygen atoms in total. The van der Waals surface area contributed by atoms with Gasteiger partial charge >= 0.3 is 0 Å². The lowest BCUT2D eigenvalue weighted by Crippen LogP contribution is -2.33. The number of halogens is 2. The van der Waals surface area contributed by atoms with E-state index in [9.17, 15) is 13.6 Å². The Morgan fingerprint density at radius 3 is 2.71 bits per heavy atom. The number of nitrogens with one attached hydrogen (secondary N) is 1. The first kappa shape index (κ1) is 20.2. The van der Waals surface area contributed by atoms with Crippen LogP contribution >= 0.6 is 0 Å². The van der Waals surface area contributed by atoms with Crippen molar-refractivity contribution in [1.29, 1.82) is 0 Å². The number of amides is 1. The van der Waals surface area contributed by atoms with Gasteiger partial charge in [0, 0.05) is 18.8 Å². The highest BCUT2D eigenvalue weighted by Gasteiger charge is 2.23. The molecule has 1 aliphatic carbocycles. The third kappa shape index (κ3) is 4.64. The maximum Gasteiger partial charge on any atom is 0.262 e. The summed E-state index contributed by atoms with van der Waals surface area (Å²) in [6, 6.07) is 4.67. The molecule has 3 rings (SSSR count). The third-order valence-electron chi connectivity index (χ3n) is 5.35. The molecule has 1 saturated carbocycles. The Hall–Kier alpha value is -2.57. The fourth-order valence-corrected chi connectivity index (χ4v) is 3.74. The highest BCUT2D eigenvalue weighted by molar-refractivity contribution is 6.05. The van der Waals surface area contributed by atoms with Crippen molar-refractivity contribution in [1.82, 2.24) is 9.97 Å². The Kier molecular flexibility index (Phi) is 6.54. The smallest absolute Gasteiger partial charge is 0.262 e. The Bertz CT molecular complexity index is 824. The van der Waals surface area contributed by atoms with Gasteiger partial charge in [-0.1, -0.05) is 19.3 Å². The first-order valence-electron chi connectivity index (χ1n) is 9.86. The number of anilines is 2. The van der Waals surface area contributed by atoms with Gasteiger partial charge in [-0.15, -0.1) is 0 Å². The molecule has 0 aliphatic heterocycles. The van der Waals surface area contributed by atoms with E-state index in [0.717, 1.165) is 18.2 Å². The third-order valence-corrected chi connectivity index (χ3v) is 5.35. The molecule has 0 unspecified atom stereocenters. The SMILES string of the molecule is CCN(C(=O)c1cc(F)ccc1F)c1ccnc(N[C@@H](C)C2CCCCC2)n1. The van der Waals surface area contributed by atoms with Gasteiger partial charge in [0.2, 0.25) is 5.95 Å². The van der Waals surface area contributed by atoms with Gasteiger partial charge in [-0.05, 0) is 56.9 Å². The van der Waals surface area contributed by atoms with E-state index < -0.39 is 17.5 Å². The van der Waals surface area contributed by atoms with Gasteiger partial charge in [0.05, 0.1) is 5.56 Å². The fourth-order valence-electron chi connectivity index (χ4n) is 3.74. The van der Waals surface area contributed by atoms with Gasteiger partial charge in [-0.3, -0.25) is 9.69 Å². The van der Waals surface area contributed by atoms with Crippen LogP contribution in [0.4, 0.5) is 20.5 Å². The molecule has 0 saturated heterocycles. The monoisotopic (exact) mass is 388 g/mol. The quantitative estimate of drug-likeness (QED) is 0.772. The van der Waals surface area contributed by atoms with Crippen LogP contribution in [0.15, 0.2) is 30.5 Å². The van der Waals surface area contributed by atoms with Crippen LogP contribution in [0.25, 0.3) is 0 Å². The fraction of sp³-hybridized carbons (Fsp3) is 0.476. The molecular formula is C21H26F2N4O. The lowest BCUT2D eigenvalue weighted by atomic mass is 9.85. The minimum Gasteiger partial charge on any atom is -0.351 e. The summed E-state index contributed by atoms with van der Waals surface area (Å²) in [5.74, 6) is -0.697. The second kappa shape index (κ2) is 9.08. The van der Waals surface area contributed by atoms with Crippen molar-refractivity contribution in [2.75, 3.05) is 16.8 Å². The van der Waals surface area contributed by atoms with Gasteiger partial charge in [0.1, 0.15) is 17.5 Å². The summed E-state index contributed by atoms with van der Waals surface area (Å²) in [6.45, 7) is 4.15. The summed E-state index contributed by atoms with van der Waals surface area (Å²) < 4.78 is 27.5. The highest BCUT2D eigenvalue weighted by atomic mass is 19.1. The van der Waals surface area contributed by atoms with Crippen molar-refractivity contribution < 1.29 is 13.6 Å². The molecular weight excluding hydrogens is 362 g/mol. The lowest BCUT2D eigenvalue weighted by Gasteiger charge is -2.28. The molecule has 1 aliphatic rings. The summed E-state index contributed by atoms with van der Waals surface area (Å²) in [7, 11) is 0. The number of hydrogen-bond donors (Lipinski definition) is 1. The topological polar surface area (TPSA) is 58.1 Å². The Morgan fingerprint density at radius 2 is 2.00 bits per heavy atom.